The fourth-order valence-electron chi connectivity index (χ4n) is 3.68. The summed E-state index contributed by atoms with van der Waals surface area (Å²) in [7, 11) is 3.23. The average molecular weight is 332 g/mol. The largest absolute Gasteiger partial charge is 0.493 e. The number of methoxy groups -OCH3 is 2. The number of benzene rings is 1. The molecule has 2 heterocycles. The van der Waals surface area contributed by atoms with Crippen LogP contribution in [-0.2, 0) is 22.6 Å². The SMILES string of the molecule is COc1cc2c(cc1OC)CN(C(=O)C1CCCN1C(C)=O)CC2. The number of hydrogen-bond donors (Lipinski definition) is 0. The van der Waals surface area contributed by atoms with E-state index in [-0.39, 0.29) is 17.9 Å². The summed E-state index contributed by atoms with van der Waals surface area (Å²) in [6.07, 6.45) is 2.44. The van der Waals surface area contributed by atoms with Crippen molar-refractivity contribution in [2.75, 3.05) is 27.3 Å². The molecule has 1 aromatic carbocycles. The number of carbonyl (C=O) groups excluding carboxylic acids is 2. The summed E-state index contributed by atoms with van der Waals surface area (Å²) in [5.41, 5.74) is 2.27. The molecule has 130 valence electrons. The average Bonchev–Trinajstić information content (AvgIpc) is 3.09. The van der Waals surface area contributed by atoms with Crippen molar-refractivity contribution in [3.05, 3.63) is 23.3 Å². The minimum atomic E-state index is -0.302. The summed E-state index contributed by atoms with van der Waals surface area (Å²) in [5.74, 6) is 1.43. The minimum absolute atomic E-state index is 0.0188. The Kier molecular flexibility index (Phi) is 4.64. The number of rotatable bonds is 3. The fraction of sp³-hybridized carbons (Fsp3) is 0.556. The Morgan fingerprint density at radius 2 is 1.75 bits per heavy atom. The Hall–Kier alpha value is -2.24. The first kappa shape index (κ1) is 16.6. The molecule has 6 heteroatoms. The predicted octanol–water partition coefficient (Wildman–Crippen LogP) is 1.60. The van der Waals surface area contributed by atoms with Gasteiger partial charge in [0, 0.05) is 26.6 Å². The minimum Gasteiger partial charge on any atom is -0.493 e. The second-order valence-electron chi connectivity index (χ2n) is 6.36. The summed E-state index contributed by atoms with van der Waals surface area (Å²) in [4.78, 5) is 28.2. The second kappa shape index (κ2) is 6.71. The fourth-order valence-corrected chi connectivity index (χ4v) is 3.68. The van der Waals surface area contributed by atoms with Crippen LogP contribution in [-0.4, -0.2) is 55.0 Å². The van der Waals surface area contributed by atoms with Crippen LogP contribution in [0.1, 0.15) is 30.9 Å². The van der Waals surface area contributed by atoms with E-state index in [0.29, 0.717) is 25.4 Å². The molecule has 0 N–H and O–H groups in total. The van der Waals surface area contributed by atoms with Crippen molar-refractivity contribution in [2.24, 2.45) is 0 Å². The zero-order chi connectivity index (χ0) is 17.3. The summed E-state index contributed by atoms with van der Waals surface area (Å²) in [6.45, 7) is 3.44. The van der Waals surface area contributed by atoms with Gasteiger partial charge in [0.05, 0.1) is 14.2 Å². The quantitative estimate of drug-likeness (QED) is 0.844. The van der Waals surface area contributed by atoms with Gasteiger partial charge >= 0.3 is 0 Å². The number of fused-ring (bicyclic) bond motifs is 1. The van der Waals surface area contributed by atoms with Crippen LogP contribution in [0, 0.1) is 0 Å². The van der Waals surface area contributed by atoms with E-state index >= 15 is 0 Å². The van der Waals surface area contributed by atoms with Gasteiger partial charge in [-0.25, -0.2) is 0 Å². The molecule has 2 aliphatic rings. The number of carbonyl (C=O) groups is 2. The standard InChI is InChI=1S/C18H24N2O4/c1-12(21)20-7-4-5-15(20)18(22)19-8-6-13-9-16(23-2)17(24-3)10-14(13)11-19/h9-10,15H,4-8,11H2,1-3H3. The molecule has 1 unspecified atom stereocenters. The first-order valence-corrected chi connectivity index (χ1v) is 8.35. The highest BCUT2D eigenvalue weighted by molar-refractivity contribution is 5.87. The molecule has 1 atom stereocenters. The molecular formula is C18H24N2O4. The Labute approximate surface area is 142 Å². The molecule has 0 aliphatic carbocycles. The van der Waals surface area contributed by atoms with Crippen LogP contribution in [0.25, 0.3) is 0 Å². The third-order valence-corrected chi connectivity index (χ3v) is 4.97. The molecular weight excluding hydrogens is 308 g/mol. The predicted molar refractivity (Wildman–Crippen MR) is 89.1 cm³/mol. The van der Waals surface area contributed by atoms with Crippen LogP contribution in [0.2, 0.25) is 0 Å². The third kappa shape index (κ3) is 2.92. The van der Waals surface area contributed by atoms with Crippen molar-refractivity contribution in [1.29, 1.82) is 0 Å². The van der Waals surface area contributed by atoms with Crippen LogP contribution >= 0.6 is 0 Å². The summed E-state index contributed by atoms with van der Waals surface area (Å²) < 4.78 is 10.7. The van der Waals surface area contributed by atoms with Crippen molar-refractivity contribution >= 4 is 11.8 Å². The molecule has 0 spiro atoms. The lowest BCUT2D eigenvalue weighted by Crippen LogP contribution is -2.48. The molecule has 0 aromatic heterocycles. The molecule has 0 bridgehead atoms. The lowest BCUT2D eigenvalue weighted by molar-refractivity contribution is -0.143. The van der Waals surface area contributed by atoms with Gasteiger partial charge in [-0.3, -0.25) is 9.59 Å². The molecule has 24 heavy (non-hydrogen) atoms. The van der Waals surface area contributed by atoms with E-state index in [2.05, 4.69) is 0 Å². The van der Waals surface area contributed by atoms with Crippen LogP contribution in [0.3, 0.4) is 0 Å². The Morgan fingerprint density at radius 3 is 2.38 bits per heavy atom. The van der Waals surface area contributed by atoms with Gasteiger partial charge in [0.15, 0.2) is 11.5 Å². The lowest BCUT2D eigenvalue weighted by atomic mass is 9.98. The zero-order valence-electron chi connectivity index (χ0n) is 14.5. The van der Waals surface area contributed by atoms with E-state index in [9.17, 15) is 9.59 Å². The van der Waals surface area contributed by atoms with Crippen LogP contribution in [0.5, 0.6) is 11.5 Å². The van der Waals surface area contributed by atoms with E-state index in [0.717, 1.165) is 30.6 Å². The first-order valence-electron chi connectivity index (χ1n) is 8.35. The maximum absolute atomic E-state index is 12.9. The van der Waals surface area contributed by atoms with E-state index in [4.69, 9.17) is 9.47 Å². The number of ether oxygens (including phenoxy) is 2. The molecule has 3 rings (SSSR count). The van der Waals surface area contributed by atoms with Gasteiger partial charge in [0.25, 0.3) is 0 Å². The number of hydrogen-bond acceptors (Lipinski definition) is 4. The highest BCUT2D eigenvalue weighted by Crippen LogP contribution is 2.33. The highest BCUT2D eigenvalue weighted by atomic mass is 16.5. The lowest BCUT2D eigenvalue weighted by Gasteiger charge is -2.33. The van der Waals surface area contributed by atoms with Crippen LogP contribution < -0.4 is 9.47 Å². The second-order valence-corrected chi connectivity index (χ2v) is 6.36. The van der Waals surface area contributed by atoms with Crippen molar-refractivity contribution < 1.29 is 19.1 Å². The van der Waals surface area contributed by atoms with E-state index < -0.39 is 0 Å². The van der Waals surface area contributed by atoms with Gasteiger partial charge in [-0.15, -0.1) is 0 Å². The molecule has 6 nitrogen and oxygen atoms in total. The number of likely N-dealkylation sites (tertiary alicyclic amines) is 1. The van der Waals surface area contributed by atoms with Gasteiger partial charge in [-0.05, 0) is 42.5 Å². The van der Waals surface area contributed by atoms with Crippen LogP contribution in [0.4, 0.5) is 0 Å². The van der Waals surface area contributed by atoms with E-state index in [1.165, 1.54) is 12.5 Å². The third-order valence-electron chi connectivity index (χ3n) is 4.97. The van der Waals surface area contributed by atoms with Crippen molar-refractivity contribution in [3.8, 4) is 11.5 Å². The molecule has 0 saturated carbocycles. The Bertz CT molecular complexity index is 659. The van der Waals surface area contributed by atoms with Crippen molar-refractivity contribution in [1.82, 2.24) is 9.80 Å². The zero-order valence-corrected chi connectivity index (χ0v) is 14.5. The molecule has 1 saturated heterocycles. The monoisotopic (exact) mass is 332 g/mol. The maximum atomic E-state index is 12.9. The molecule has 1 aromatic rings. The molecule has 2 aliphatic heterocycles. The molecule has 0 radical (unpaired) electrons. The van der Waals surface area contributed by atoms with Gasteiger partial charge in [0.2, 0.25) is 11.8 Å². The summed E-state index contributed by atoms with van der Waals surface area (Å²) >= 11 is 0. The van der Waals surface area contributed by atoms with Gasteiger partial charge < -0.3 is 19.3 Å². The van der Waals surface area contributed by atoms with E-state index in [1.807, 2.05) is 17.0 Å². The summed E-state index contributed by atoms with van der Waals surface area (Å²) in [6, 6.07) is 3.64. The van der Waals surface area contributed by atoms with Crippen LogP contribution in [0.15, 0.2) is 12.1 Å². The number of amides is 2. The smallest absolute Gasteiger partial charge is 0.245 e. The molecule has 2 amide bonds. The van der Waals surface area contributed by atoms with E-state index in [1.54, 1.807) is 19.1 Å². The first-order chi connectivity index (χ1) is 11.5. The Morgan fingerprint density at radius 1 is 1.08 bits per heavy atom. The normalized spacial score (nSPS) is 19.9. The Balaban J connectivity index is 1.79. The topological polar surface area (TPSA) is 59.1 Å². The van der Waals surface area contributed by atoms with Gasteiger partial charge in [-0.1, -0.05) is 0 Å². The molecule has 1 fully saturated rings. The highest BCUT2D eigenvalue weighted by Gasteiger charge is 2.36. The van der Waals surface area contributed by atoms with Crippen molar-refractivity contribution in [2.45, 2.75) is 38.8 Å². The van der Waals surface area contributed by atoms with Gasteiger partial charge in [-0.2, -0.15) is 0 Å². The van der Waals surface area contributed by atoms with Crippen molar-refractivity contribution in [3.63, 3.8) is 0 Å². The number of nitrogens with zero attached hydrogens (tertiary/aromatic N) is 2. The summed E-state index contributed by atoms with van der Waals surface area (Å²) in [5, 5.41) is 0. The maximum Gasteiger partial charge on any atom is 0.245 e. The van der Waals surface area contributed by atoms with Gasteiger partial charge in [0.1, 0.15) is 6.04 Å².